The smallest absolute Gasteiger partial charge is 0.416 e. The average molecular weight is 226 g/mol. The lowest BCUT2D eigenvalue weighted by molar-refractivity contribution is -0.643. The maximum atomic E-state index is 12.2. The SMILES string of the molecule is C[NH2+]Cc1cccc(C(F)(F)F)c1.[Cl-]. The third-order valence-electron chi connectivity index (χ3n) is 1.69. The molecule has 0 aliphatic heterocycles. The van der Waals surface area contributed by atoms with Gasteiger partial charge in [0, 0.05) is 5.56 Å². The van der Waals surface area contributed by atoms with E-state index >= 15 is 0 Å². The van der Waals surface area contributed by atoms with Gasteiger partial charge in [0.25, 0.3) is 0 Å². The zero-order valence-electron chi connectivity index (χ0n) is 7.61. The molecule has 0 atom stereocenters. The molecule has 0 aliphatic carbocycles. The second-order valence-corrected chi connectivity index (χ2v) is 2.81. The first-order valence-electron chi connectivity index (χ1n) is 3.98. The Bertz CT molecular complexity index is 286. The molecule has 0 amide bonds. The van der Waals surface area contributed by atoms with Gasteiger partial charge < -0.3 is 17.7 Å². The standard InChI is InChI=1S/C9H10F3N.ClH/c1-13-6-7-3-2-4-8(5-7)9(10,11)12;/h2-5,13H,6H2,1H3;1H. The minimum Gasteiger partial charge on any atom is -1.00 e. The topological polar surface area (TPSA) is 16.6 Å². The Morgan fingerprint density at radius 1 is 1.29 bits per heavy atom. The summed E-state index contributed by atoms with van der Waals surface area (Å²) in [5.41, 5.74) is 0.115. The molecule has 0 aromatic heterocycles. The number of hydrogen-bond acceptors (Lipinski definition) is 0. The third-order valence-corrected chi connectivity index (χ3v) is 1.69. The molecule has 0 heterocycles. The van der Waals surface area contributed by atoms with Crippen LogP contribution in [0.2, 0.25) is 0 Å². The third kappa shape index (κ3) is 3.55. The molecule has 80 valence electrons. The number of alkyl halides is 3. The molecule has 1 aromatic carbocycles. The molecule has 0 saturated heterocycles. The van der Waals surface area contributed by atoms with Gasteiger partial charge in [-0.25, -0.2) is 0 Å². The number of quaternary nitrogens is 1. The van der Waals surface area contributed by atoms with Gasteiger partial charge in [-0.3, -0.25) is 0 Å². The summed E-state index contributed by atoms with van der Waals surface area (Å²) in [5.74, 6) is 0. The van der Waals surface area contributed by atoms with E-state index in [4.69, 9.17) is 0 Å². The summed E-state index contributed by atoms with van der Waals surface area (Å²) < 4.78 is 36.6. The van der Waals surface area contributed by atoms with Crippen LogP contribution in [0.4, 0.5) is 13.2 Å². The highest BCUT2D eigenvalue weighted by Gasteiger charge is 2.30. The first kappa shape index (κ1) is 13.3. The van der Waals surface area contributed by atoms with Crippen molar-refractivity contribution in [3.63, 3.8) is 0 Å². The molecular weight excluding hydrogens is 215 g/mol. The van der Waals surface area contributed by atoms with E-state index in [9.17, 15) is 13.2 Å². The summed E-state index contributed by atoms with van der Waals surface area (Å²) in [5, 5.41) is 1.83. The monoisotopic (exact) mass is 225 g/mol. The van der Waals surface area contributed by atoms with Crippen molar-refractivity contribution in [3.05, 3.63) is 35.4 Å². The normalized spacial score (nSPS) is 10.9. The van der Waals surface area contributed by atoms with Gasteiger partial charge in [-0.05, 0) is 12.1 Å². The zero-order valence-corrected chi connectivity index (χ0v) is 8.36. The van der Waals surface area contributed by atoms with Crippen LogP contribution in [0.25, 0.3) is 0 Å². The second kappa shape index (κ2) is 5.22. The molecule has 14 heavy (non-hydrogen) atoms. The van der Waals surface area contributed by atoms with Crippen LogP contribution in [-0.4, -0.2) is 7.05 Å². The fourth-order valence-corrected chi connectivity index (χ4v) is 1.11. The average Bonchev–Trinajstić information content (AvgIpc) is 2.04. The lowest BCUT2D eigenvalue weighted by Gasteiger charge is -2.07. The molecule has 5 heteroatoms. The Labute approximate surface area is 86.7 Å². The minimum atomic E-state index is -4.23. The van der Waals surface area contributed by atoms with E-state index in [1.54, 1.807) is 6.07 Å². The predicted octanol–water partition coefficient (Wildman–Crippen LogP) is -1.60. The van der Waals surface area contributed by atoms with Crippen molar-refractivity contribution in [3.8, 4) is 0 Å². The van der Waals surface area contributed by atoms with Crippen LogP contribution in [0.15, 0.2) is 24.3 Å². The lowest BCUT2D eigenvalue weighted by atomic mass is 10.1. The molecule has 0 bridgehead atoms. The van der Waals surface area contributed by atoms with E-state index in [0.717, 1.165) is 6.07 Å². The lowest BCUT2D eigenvalue weighted by Crippen LogP contribution is -3.00. The van der Waals surface area contributed by atoms with Crippen LogP contribution < -0.4 is 17.7 Å². The van der Waals surface area contributed by atoms with Crippen LogP contribution in [0, 0.1) is 0 Å². The van der Waals surface area contributed by atoms with E-state index in [-0.39, 0.29) is 12.4 Å². The molecule has 0 radical (unpaired) electrons. The van der Waals surface area contributed by atoms with Gasteiger partial charge in [-0.2, -0.15) is 13.2 Å². The van der Waals surface area contributed by atoms with Gasteiger partial charge >= 0.3 is 6.18 Å². The van der Waals surface area contributed by atoms with Crippen molar-refractivity contribution in [1.29, 1.82) is 0 Å². The number of benzene rings is 1. The summed E-state index contributed by atoms with van der Waals surface area (Å²) >= 11 is 0. The summed E-state index contributed by atoms with van der Waals surface area (Å²) in [6.07, 6.45) is -4.23. The van der Waals surface area contributed by atoms with Gasteiger partial charge in [-0.15, -0.1) is 0 Å². The van der Waals surface area contributed by atoms with Gasteiger partial charge in [0.05, 0.1) is 12.6 Å². The van der Waals surface area contributed by atoms with Crippen LogP contribution in [0.3, 0.4) is 0 Å². The largest absolute Gasteiger partial charge is 1.00 e. The molecule has 1 aromatic rings. The first-order valence-corrected chi connectivity index (χ1v) is 3.98. The van der Waals surface area contributed by atoms with Crippen molar-refractivity contribution < 1.29 is 30.9 Å². The van der Waals surface area contributed by atoms with Crippen LogP contribution >= 0.6 is 0 Å². The molecule has 2 N–H and O–H groups in total. The summed E-state index contributed by atoms with van der Waals surface area (Å²) in [6.45, 7) is 0.573. The highest BCUT2D eigenvalue weighted by molar-refractivity contribution is 5.24. The Morgan fingerprint density at radius 3 is 2.43 bits per heavy atom. The maximum Gasteiger partial charge on any atom is 0.416 e. The Balaban J connectivity index is 0.00000169. The number of hydrogen-bond donors (Lipinski definition) is 1. The van der Waals surface area contributed by atoms with Crippen molar-refractivity contribution in [2.75, 3.05) is 7.05 Å². The quantitative estimate of drug-likeness (QED) is 0.625. The molecule has 0 spiro atoms. The fraction of sp³-hybridized carbons (Fsp3) is 0.333. The Kier molecular flexibility index (Phi) is 4.94. The Morgan fingerprint density at radius 2 is 1.93 bits per heavy atom. The van der Waals surface area contributed by atoms with Crippen LogP contribution in [0.5, 0.6) is 0 Å². The van der Waals surface area contributed by atoms with Crippen molar-refractivity contribution in [2.45, 2.75) is 12.7 Å². The zero-order chi connectivity index (χ0) is 9.90. The number of rotatable bonds is 2. The highest BCUT2D eigenvalue weighted by atomic mass is 35.5. The highest BCUT2D eigenvalue weighted by Crippen LogP contribution is 2.29. The maximum absolute atomic E-state index is 12.2. The molecule has 0 aliphatic rings. The number of halogens is 4. The molecule has 0 fully saturated rings. The summed E-state index contributed by atoms with van der Waals surface area (Å²) in [6, 6.07) is 5.38. The predicted molar refractivity (Wildman–Crippen MR) is 43.0 cm³/mol. The number of nitrogens with two attached hydrogens (primary N) is 1. The van der Waals surface area contributed by atoms with Gasteiger partial charge in [0.15, 0.2) is 0 Å². The minimum absolute atomic E-state index is 0. The van der Waals surface area contributed by atoms with Gasteiger partial charge in [0.2, 0.25) is 0 Å². The van der Waals surface area contributed by atoms with Crippen LogP contribution in [0.1, 0.15) is 11.1 Å². The van der Waals surface area contributed by atoms with Crippen molar-refractivity contribution in [1.82, 2.24) is 0 Å². The fourth-order valence-electron chi connectivity index (χ4n) is 1.11. The van der Waals surface area contributed by atoms with E-state index in [2.05, 4.69) is 0 Å². The molecule has 0 saturated carbocycles. The van der Waals surface area contributed by atoms with E-state index in [1.807, 2.05) is 12.4 Å². The summed E-state index contributed by atoms with van der Waals surface area (Å²) in [4.78, 5) is 0. The summed E-state index contributed by atoms with van der Waals surface area (Å²) in [7, 11) is 1.82. The molecule has 1 rings (SSSR count). The molecule has 1 nitrogen and oxygen atoms in total. The molecular formula is C9H11ClF3N. The van der Waals surface area contributed by atoms with Gasteiger partial charge in [0.1, 0.15) is 6.54 Å². The van der Waals surface area contributed by atoms with E-state index < -0.39 is 11.7 Å². The van der Waals surface area contributed by atoms with Crippen LogP contribution in [-0.2, 0) is 12.7 Å². The van der Waals surface area contributed by atoms with E-state index in [0.29, 0.717) is 12.1 Å². The first-order chi connectivity index (χ1) is 6.04. The van der Waals surface area contributed by atoms with Crippen molar-refractivity contribution >= 4 is 0 Å². The van der Waals surface area contributed by atoms with Gasteiger partial charge in [-0.1, -0.05) is 12.1 Å². The Hall–Kier alpha value is -0.740. The van der Waals surface area contributed by atoms with E-state index in [1.165, 1.54) is 12.1 Å². The van der Waals surface area contributed by atoms with Crippen molar-refractivity contribution in [2.24, 2.45) is 0 Å². The second-order valence-electron chi connectivity index (χ2n) is 2.81. The molecule has 0 unspecified atom stereocenters.